The fourth-order valence-electron chi connectivity index (χ4n) is 2.49. The second-order valence-corrected chi connectivity index (χ2v) is 4.91. The van der Waals surface area contributed by atoms with Gasteiger partial charge in [-0.2, -0.15) is 0 Å². The van der Waals surface area contributed by atoms with Crippen LogP contribution in [0.3, 0.4) is 0 Å². The number of fused-ring (bicyclic) bond motifs is 1. The molecule has 1 aliphatic rings. The summed E-state index contributed by atoms with van der Waals surface area (Å²) in [6.45, 7) is 3.44. The number of methoxy groups -OCH3 is 1. The van der Waals surface area contributed by atoms with Gasteiger partial charge in [-0.25, -0.2) is 0 Å². The Morgan fingerprint density at radius 1 is 1.53 bits per heavy atom. The van der Waals surface area contributed by atoms with E-state index in [1.54, 1.807) is 7.11 Å². The quantitative estimate of drug-likeness (QED) is 0.843. The van der Waals surface area contributed by atoms with Gasteiger partial charge in [0.05, 0.1) is 12.6 Å². The van der Waals surface area contributed by atoms with Crippen LogP contribution in [0.4, 0.5) is 0 Å². The first-order chi connectivity index (χ1) is 9.26. The molecule has 0 aromatic heterocycles. The molecule has 1 aromatic rings. The van der Waals surface area contributed by atoms with Crippen molar-refractivity contribution in [2.24, 2.45) is 0 Å². The molecule has 1 heterocycles. The zero-order valence-corrected chi connectivity index (χ0v) is 11.6. The lowest BCUT2D eigenvalue weighted by Gasteiger charge is -2.27. The SMILES string of the molecule is CCC(COC)NC(=O)C1NCCc2ccccc21. The third kappa shape index (κ3) is 3.33. The number of amides is 1. The van der Waals surface area contributed by atoms with Crippen LogP contribution < -0.4 is 10.6 Å². The summed E-state index contributed by atoms with van der Waals surface area (Å²) in [5.41, 5.74) is 2.36. The van der Waals surface area contributed by atoms with Gasteiger partial charge in [-0.1, -0.05) is 31.2 Å². The van der Waals surface area contributed by atoms with Gasteiger partial charge in [0.1, 0.15) is 6.04 Å². The summed E-state index contributed by atoms with van der Waals surface area (Å²) in [7, 11) is 1.66. The predicted molar refractivity (Wildman–Crippen MR) is 75.0 cm³/mol. The molecule has 0 spiro atoms. The minimum absolute atomic E-state index is 0.0380. The minimum atomic E-state index is -0.240. The standard InChI is InChI=1S/C15H22N2O2/c1-3-12(10-19-2)17-15(18)14-13-7-5-4-6-11(13)8-9-16-14/h4-7,12,14,16H,3,8-10H2,1-2H3,(H,17,18). The fourth-order valence-corrected chi connectivity index (χ4v) is 2.49. The van der Waals surface area contributed by atoms with Crippen LogP contribution >= 0.6 is 0 Å². The molecule has 0 aliphatic carbocycles. The van der Waals surface area contributed by atoms with Gasteiger partial charge in [-0.05, 0) is 24.0 Å². The summed E-state index contributed by atoms with van der Waals surface area (Å²) in [6.07, 6.45) is 1.85. The van der Waals surface area contributed by atoms with Crippen LogP contribution in [0.5, 0.6) is 0 Å². The molecule has 0 radical (unpaired) electrons. The van der Waals surface area contributed by atoms with Crippen LogP contribution in [-0.2, 0) is 16.0 Å². The molecule has 0 bridgehead atoms. The molecule has 1 amide bonds. The topological polar surface area (TPSA) is 50.4 Å². The number of hydrogen-bond acceptors (Lipinski definition) is 3. The zero-order chi connectivity index (χ0) is 13.7. The number of nitrogens with one attached hydrogen (secondary N) is 2. The van der Waals surface area contributed by atoms with E-state index in [1.165, 1.54) is 5.56 Å². The zero-order valence-electron chi connectivity index (χ0n) is 11.6. The Kier molecular flexibility index (Phi) is 4.93. The Balaban J connectivity index is 2.08. The smallest absolute Gasteiger partial charge is 0.242 e. The van der Waals surface area contributed by atoms with Crippen LogP contribution in [0.1, 0.15) is 30.5 Å². The maximum Gasteiger partial charge on any atom is 0.242 e. The number of carbonyl (C=O) groups excluding carboxylic acids is 1. The Labute approximate surface area is 114 Å². The fraction of sp³-hybridized carbons (Fsp3) is 0.533. The van der Waals surface area contributed by atoms with Crippen molar-refractivity contribution in [3.8, 4) is 0 Å². The molecule has 1 aromatic carbocycles. The van der Waals surface area contributed by atoms with Crippen LogP contribution in [0.25, 0.3) is 0 Å². The third-order valence-corrected chi connectivity index (χ3v) is 3.58. The van der Waals surface area contributed by atoms with E-state index in [4.69, 9.17) is 4.74 Å². The van der Waals surface area contributed by atoms with Crippen LogP contribution in [0, 0.1) is 0 Å². The van der Waals surface area contributed by atoms with Gasteiger partial charge in [0.25, 0.3) is 0 Å². The van der Waals surface area contributed by atoms with Crippen molar-refractivity contribution in [1.29, 1.82) is 0 Å². The van der Waals surface area contributed by atoms with Gasteiger partial charge in [0.2, 0.25) is 5.91 Å². The highest BCUT2D eigenvalue weighted by Crippen LogP contribution is 2.22. The molecule has 2 atom stereocenters. The number of benzene rings is 1. The highest BCUT2D eigenvalue weighted by Gasteiger charge is 2.26. The van der Waals surface area contributed by atoms with E-state index in [1.807, 2.05) is 25.1 Å². The Hall–Kier alpha value is -1.39. The first-order valence-corrected chi connectivity index (χ1v) is 6.86. The third-order valence-electron chi connectivity index (χ3n) is 3.58. The van der Waals surface area contributed by atoms with Gasteiger partial charge in [0, 0.05) is 13.7 Å². The molecule has 2 rings (SSSR count). The second kappa shape index (κ2) is 6.68. The van der Waals surface area contributed by atoms with Gasteiger partial charge >= 0.3 is 0 Å². The van der Waals surface area contributed by atoms with Gasteiger partial charge in [0.15, 0.2) is 0 Å². The number of rotatable bonds is 5. The van der Waals surface area contributed by atoms with E-state index < -0.39 is 0 Å². The molecular formula is C15H22N2O2. The molecule has 0 saturated heterocycles. The lowest BCUT2D eigenvalue weighted by atomic mass is 9.94. The average Bonchev–Trinajstić information content (AvgIpc) is 2.46. The van der Waals surface area contributed by atoms with Crippen LogP contribution in [-0.4, -0.2) is 32.2 Å². The molecule has 2 unspecified atom stereocenters. The first kappa shape index (κ1) is 14.0. The molecule has 19 heavy (non-hydrogen) atoms. The Morgan fingerprint density at radius 3 is 3.05 bits per heavy atom. The van der Waals surface area contributed by atoms with Gasteiger partial charge in [-0.3, -0.25) is 4.79 Å². The summed E-state index contributed by atoms with van der Waals surface area (Å²) in [4.78, 5) is 12.4. The average molecular weight is 262 g/mol. The van der Waals surface area contributed by atoms with Crippen molar-refractivity contribution in [3.05, 3.63) is 35.4 Å². The molecule has 4 nitrogen and oxygen atoms in total. The highest BCUT2D eigenvalue weighted by molar-refractivity contribution is 5.84. The maximum atomic E-state index is 12.4. The summed E-state index contributed by atoms with van der Waals surface area (Å²) in [5.74, 6) is 0.0380. The molecule has 2 N–H and O–H groups in total. The molecule has 0 saturated carbocycles. The molecule has 1 aliphatic heterocycles. The number of hydrogen-bond donors (Lipinski definition) is 2. The van der Waals surface area contributed by atoms with E-state index in [0.29, 0.717) is 6.61 Å². The monoisotopic (exact) mass is 262 g/mol. The van der Waals surface area contributed by atoms with Crippen molar-refractivity contribution >= 4 is 5.91 Å². The highest BCUT2D eigenvalue weighted by atomic mass is 16.5. The van der Waals surface area contributed by atoms with Crippen molar-refractivity contribution in [1.82, 2.24) is 10.6 Å². The minimum Gasteiger partial charge on any atom is -0.383 e. The van der Waals surface area contributed by atoms with Crippen molar-refractivity contribution in [3.63, 3.8) is 0 Å². The van der Waals surface area contributed by atoms with Crippen molar-refractivity contribution in [2.75, 3.05) is 20.3 Å². The molecular weight excluding hydrogens is 240 g/mol. The normalized spacial score (nSPS) is 19.6. The van der Waals surface area contributed by atoms with Gasteiger partial charge < -0.3 is 15.4 Å². The van der Waals surface area contributed by atoms with E-state index in [-0.39, 0.29) is 18.0 Å². The van der Waals surface area contributed by atoms with E-state index in [0.717, 1.165) is 24.9 Å². The van der Waals surface area contributed by atoms with Crippen LogP contribution in [0.15, 0.2) is 24.3 Å². The predicted octanol–water partition coefficient (Wildman–Crippen LogP) is 1.41. The van der Waals surface area contributed by atoms with Crippen molar-refractivity contribution in [2.45, 2.75) is 31.8 Å². The van der Waals surface area contributed by atoms with Crippen LogP contribution in [0.2, 0.25) is 0 Å². The summed E-state index contributed by atoms with van der Waals surface area (Å²) < 4.78 is 5.12. The number of ether oxygens (including phenoxy) is 1. The summed E-state index contributed by atoms with van der Waals surface area (Å²) in [5, 5.41) is 6.35. The summed E-state index contributed by atoms with van der Waals surface area (Å²) >= 11 is 0. The van der Waals surface area contributed by atoms with E-state index in [9.17, 15) is 4.79 Å². The lowest BCUT2D eigenvalue weighted by Crippen LogP contribution is -2.46. The Morgan fingerprint density at radius 2 is 2.32 bits per heavy atom. The van der Waals surface area contributed by atoms with Crippen molar-refractivity contribution < 1.29 is 9.53 Å². The molecule has 0 fully saturated rings. The summed E-state index contributed by atoms with van der Waals surface area (Å²) in [6, 6.07) is 7.98. The lowest BCUT2D eigenvalue weighted by molar-refractivity contribution is -0.124. The largest absolute Gasteiger partial charge is 0.383 e. The first-order valence-electron chi connectivity index (χ1n) is 6.86. The molecule has 4 heteroatoms. The second-order valence-electron chi connectivity index (χ2n) is 4.91. The van der Waals surface area contributed by atoms with E-state index >= 15 is 0 Å². The Bertz CT molecular complexity index is 434. The maximum absolute atomic E-state index is 12.4. The number of carbonyl (C=O) groups is 1. The van der Waals surface area contributed by atoms with E-state index in [2.05, 4.69) is 16.7 Å². The van der Waals surface area contributed by atoms with Gasteiger partial charge in [-0.15, -0.1) is 0 Å². The molecule has 104 valence electrons.